The van der Waals surface area contributed by atoms with E-state index in [0.717, 1.165) is 40.2 Å². The molecule has 1 aliphatic carbocycles. The Morgan fingerprint density at radius 1 is 0.879 bits per heavy atom. The summed E-state index contributed by atoms with van der Waals surface area (Å²) >= 11 is 18.9. The minimum atomic E-state index is -0.418. The van der Waals surface area contributed by atoms with Gasteiger partial charge in [-0.2, -0.15) is 0 Å². The van der Waals surface area contributed by atoms with Gasteiger partial charge >= 0.3 is 0 Å². The van der Waals surface area contributed by atoms with Gasteiger partial charge in [0, 0.05) is 29.7 Å². The fraction of sp³-hybridized carbons (Fsp3) is 0.296. The second kappa shape index (κ2) is 8.87. The van der Waals surface area contributed by atoms with Crippen LogP contribution < -0.4 is 4.90 Å². The molecule has 0 aromatic heterocycles. The van der Waals surface area contributed by atoms with Gasteiger partial charge in [-0.05, 0) is 72.9 Å². The van der Waals surface area contributed by atoms with Crippen LogP contribution in [0.3, 0.4) is 0 Å². The predicted molar refractivity (Wildman–Crippen MR) is 137 cm³/mol. The lowest BCUT2D eigenvalue weighted by Crippen LogP contribution is -2.53. The van der Waals surface area contributed by atoms with Gasteiger partial charge in [-0.3, -0.25) is 4.79 Å². The van der Waals surface area contributed by atoms with Crippen molar-refractivity contribution in [3.63, 3.8) is 0 Å². The molecule has 1 amide bonds. The van der Waals surface area contributed by atoms with Crippen LogP contribution in [0.4, 0.5) is 5.69 Å². The maximum absolute atomic E-state index is 13.8. The highest BCUT2D eigenvalue weighted by molar-refractivity contribution is 6.33. The number of carbonyl (C=O) groups excluding carboxylic acids is 1. The van der Waals surface area contributed by atoms with E-state index in [4.69, 9.17) is 34.8 Å². The topological polar surface area (TPSA) is 23.6 Å². The first-order valence-corrected chi connectivity index (χ1v) is 12.3. The number of piperazine rings is 1. The molecule has 33 heavy (non-hydrogen) atoms. The lowest BCUT2D eigenvalue weighted by atomic mass is 9.93. The predicted octanol–water partition coefficient (Wildman–Crippen LogP) is 7.08. The van der Waals surface area contributed by atoms with Crippen LogP contribution in [-0.4, -0.2) is 30.4 Å². The maximum Gasteiger partial charge on any atom is 0.233 e. The smallest absolute Gasteiger partial charge is 0.233 e. The van der Waals surface area contributed by atoms with Gasteiger partial charge in [0.25, 0.3) is 0 Å². The molecule has 0 unspecified atom stereocenters. The molecule has 3 aromatic rings. The van der Waals surface area contributed by atoms with Crippen LogP contribution in [0.1, 0.15) is 35.6 Å². The van der Waals surface area contributed by atoms with Crippen LogP contribution in [0, 0.1) is 6.92 Å². The summed E-state index contributed by atoms with van der Waals surface area (Å²) in [5.74, 6) is 0.207. The van der Waals surface area contributed by atoms with Gasteiger partial charge in [0.1, 0.15) is 0 Å². The van der Waals surface area contributed by atoms with Gasteiger partial charge in [0.05, 0.1) is 22.2 Å². The minimum Gasteiger partial charge on any atom is -0.360 e. The monoisotopic (exact) mass is 498 g/mol. The van der Waals surface area contributed by atoms with Gasteiger partial charge in [-0.15, -0.1) is 0 Å². The molecule has 5 rings (SSSR count). The molecule has 170 valence electrons. The lowest BCUT2D eigenvalue weighted by Gasteiger charge is -2.44. The molecule has 3 nitrogen and oxygen atoms in total. The zero-order valence-corrected chi connectivity index (χ0v) is 20.7. The van der Waals surface area contributed by atoms with Crippen molar-refractivity contribution in [3.05, 3.63) is 98.5 Å². The number of hydrogen-bond donors (Lipinski definition) is 0. The molecule has 2 fully saturated rings. The van der Waals surface area contributed by atoms with Crippen molar-refractivity contribution in [3.8, 4) is 0 Å². The first-order chi connectivity index (χ1) is 15.9. The van der Waals surface area contributed by atoms with Gasteiger partial charge in [-0.25, -0.2) is 0 Å². The van der Waals surface area contributed by atoms with Crippen LogP contribution in [-0.2, 0) is 10.2 Å². The third kappa shape index (κ3) is 4.35. The SMILES string of the molecule is Cc1ccc(N2CCN(C(=O)C3(c4ccc(Cl)cc4)CC3)C[C@H]2c2ccc(Cl)cc2)c(Cl)c1. The molecule has 6 heteroatoms. The standard InChI is InChI=1S/C27H25Cl3N2O/c1-18-2-11-24(23(30)16-18)32-15-14-31(17-25(32)19-3-7-21(28)8-4-19)26(33)27(12-13-27)20-5-9-22(29)10-6-20/h2-11,16,25H,12-15,17H2,1H3/t25-/m0/s1. The summed E-state index contributed by atoms with van der Waals surface area (Å²) in [4.78, 5) is 18.1. The van der Waals surface area contributed by atoms with E-state index < -0.39 is 5.41 Å². The Kier molecular flexibility index (Phi) is 6.07. The van der Waals surface area contributed by atoms with Crippen molar-refractivity contribution in [1.29, 1.82) is 0 Å². The Morgan fingerprint density at radius 3 is 2.12 bits per heavy atom. The van der Waals surface area contributed by atoms with E-state index in [2.05, 4.69) is 17.0 Å². The first-order valence-electron chi connectivity index (χ1n) is 11.2. The average molecular weight is 500 g/mol. The first kappa shape index (κ1) is 22.6. The molecule has 1 saturated heterocycles. The van der Waals surface area contributed by atoms with Crippen LogP contribution in [0.25, 0.3) is 0 Å². The Labute approximate surface area is 209 Å². The van der Waals surface area contributed by atoms with Crippen molar-refractivity contribution in [2.24, 2.45) is 0 Å². The molecule has 1 saturated carbocycles. The van der Waals surface area contributed by atoms with Gasteiger partial charge in [0.2, 0.25) is 5.91 Å². The normalized spacial score (nSPS) is 19.5. The Hall–Kier alpha value is -2.20. The third-order valence-electron chi connectivity index (χ3n) is 6.89. The van der Waals surface area contributed by atoms with Crippen molar-refractivity contribution >= 4 is 46.4 Å². The van der Waals surface area contributed by atoms with Gasteiger partial charge < -0.3 is 9.80 Å². The molecule has 3 aromatic carbocycles. The fourth-order valence-corrected chi connectivity index (χ4v) is 5.49. The van der Waals surface area contributed by atoms with Crippen molar-refractivity contribution in [1.82, 2.24) is 4.90 Å². The molecule has 0 bridgehead atoms. The quantitative estimate of drug-likeness (QED) is 0.383. The number of hydrogen-bond acceptors (Lipinski definition) is 2. The highest BCUT2D eigenvalue weighted by Gasteiger charge is 2.53. The molecule has 0 spiro atoms. The summed E-state index contributed by atoms with van der Waals surface area (Å²) in [7, 11) is 0. The molecule has 0 N–H and O–H groups in total. The van der Waals surface area contributed by atoms with E-state index in [1.165, 1.54) is 0 Å². The number of halogens is 3. The summed E-state index contributed by atoms with van der Waals surface area (Å²) in [5, 5.41) is 2.11. The summed E-state index contributed by atoms with van der Waals surface area (Å²) in [6.07, 6.45) is 1.76. The number of aryl methyl sites for hydroxylation is 1. The van der Waals surface area contributed by atoms with Crippen molar-refractivity contribution in [2.45, 2.75) is 31.2 Å². The molecular weight excluding hydrogens is 475 g/mol. The molecular formula is C27H25Cl3N2O. The Bertz CT molecular complexity index is 1170. The maximum atomic E-state index is 13.8. The van der Waals surface area contributed by atoms with E-state index in [-0.39, 0.29) is 11.9 Å². The Balaban J connectivity index is 1.46. The zero-order valence-electron chi connectivity index (χ0n) is 18.4. The van der Waals surface area contributed by atoms with E-state index >= 15 is 0 Å². The number of anilines is 1. The summed E-state index contributed by atoms with van der Waals surface area (Å²) in [6, 6.07) is 21.8. The highest BCUT2D eigenvalue weighted by Crippen LogP contribution is 2.50. The average Bonchev–Trinajstić information content (AvgIpc) is 3.61. The second-order valence-electron chi connectivity index (χ2n) is 9.06. The van der Waals surface area contributed by atoms with E-state index in [0.29, 0.717) is 29.7 Å². The van der Waals surface area contributed by atoms with Crippen LogP contribution in [0.2, 0.25) is 15.1 Å². The minimum absolute atomic E-state index is 0.0128. The van der Waals surface area contributed by atoms with Crippen LogP contribution in [0.15, 0.2) is 66.7 Å². The van der Waals surface area contributed by atoms with Crippen LogP contribution >= 0.6 is 34.8 Å². The largest absolute Gasteiger partial charge is 0.360 e. The number of benzene rings is 3. The number of amides is 1. The molecule has 1 heterocycles. The van der Waals surface area contributed by atoms with Gasteiger partial charge in [-0.1, -0.05) is 65.1 Å². The molecule has 1 aliphatic heterocycles. The van der Waals surface area contributed by atoms with Crippen molar-refractivity contribution < 1.29 is 4.79 Å². The van der Waals surface area contributed by atoms with E-state index in [1.54, 1.807) is 0 Å². The summed E-state index contributed by atoms with van der Waals surface area (Å²) in [5.41, 5.74) is 3.87. The molecule has 2 aliphatic rings. The molecule has 1 atom stereocenters. The van der Waals surface area contributed by atoms with Gasteiger partial charge in [0.15, 0.2) is 0 Å². The summed E-state index contributed by atoms with van der Waals surface area (Å²) < 4.78 is 0. The molecule has 0 radical (unpaired) electrons. The Morgan fingerprint density at radius 2 is 1.52 bits per heavy atom. The number of carbonyl (C=O) groups is 1. The number of nitrogens with zero attached hydrogens (tertiary/aromatic N) is 2. The second-order valence-corrected chi connectivity index (χ2v) is 10.3. The highest BCUT2D eigenvalue weighted by atomic mass is 35.5. The lowest BCUT2D eigenvalue weighted by molar-refractivity contribution is -0.134. The van der Waals surface area contributed by atoms with E-state index in [1.807, 2.05) is 66.4 Å². The van der Waals surface area contributed by atoms with Crippen molar-refractivity contribution in [2.75, 3.05) is 24.5 Å². The zero-order chi connectivity index (χ0) is 23.2. The third-order valence-corrected chi connectivity index (χ3v) is 7.70. The fourth-order valence-electron chi connectivity index (χ4n) is 4.89. The van der Waals surface area contributed by atoms with E-state index in [9.17, 15) is 4.79 Å². The summed E-state index contributed by atoms with van der Waals surface area (Å²) in [6.45, 7) is 4.00. The van der Waals surface area contributed by atoms with Crippen LogP contribution in [0.5, 0.6) is 0 Å². The number of rotatable bonds is 4.